The number of nitrogens with one attached hydrogen (secondary N) is 1. The number of hydrogen-bond donors (Lipinski definition) is 1. The first-order chi connectivity index (χ1) is 14.6. The first-order valence-corrected chi connectivity index (χ1v) is 10.4. The maximum Gasteiger partial charge on any atom is 0.255 e. The van der Waals surface area contributed by atoms with Crippen molar-refractivity contribution in [3.05, 3.63) is 71.9 Å². The number of amides is 1. The van der Waals surface area contributed by atoms with Gasteiger partial charge in [0.25, 0.3) is 5.91 Å². The van der Waals surface area contributed by atoms with Crippen LogP contribution in [0, 0.1) is 6.92 Å². The maximum atomic E-state index is 13.1. The Labute approximate surface area is 177 Å². The number of hydrogen-bond acceptors (Lipinski definition) is 4. The molecule has 0 radical (unpaired) electrons. The highest BCUT2D eigenvalue weighted by Crippen LogP contribution is 2.24. The molecular formula is C24H28N4O2. The quantitative estimate of drug-likeness (QED) is 0.685. The molecule has 1 aromatic heterocycles. The molecule has 0 bridgehead atoms. The fourth-order valence-electron chi connectivity index (χ4n) is 3.66. The summed E-state index contributed by atoms with van der Waals surface area (Å²) in [5.41, 5.74) is 4.31. The molecule has 1 saturated heterocycles. The minimum absolute atomic E-state index is 0.104. The summed E-state index contributed by atoms with van der Waals surface area (Å²) < 4.78 is 7.20. The molecule has 1 aliphatic heterocycles. The van der Waals surface area contributed by atoms with Gasteiger partial charge in [0, 0.05) is 37.4 Å². The molecule has 6 nitrogen and oxygen atoms in total. The molecule has 1 N–H and O–H groups in total. The van der Waals surface area contributed by atoms with Crippen LogP contribution in [0.4, 0.5) is 0 Å². The second-order valence-electron chi connectivity index (χ2n) is 7.74. The molecule has 1 unspecified atom stereocenters. The third-order valence-corrected chi connectivity index (χ3v) is 5.53. The van der Waals surface area contributed by atoms with E-state index in [1.54, 1.807) is 4.68 Å². The van der Waals surface area contributed by atoms with Crippen LogP contribution in [-0.4, -0.2) is 59.5 Å². The number of morpholine rings is 1. The Bertz CT molecular complexity index is 976. The highest BCUT2D eigenvalue weighted by molar-refractivity contribution is 5.99. The minimum atomic E-state index is -0.104. The highest BCUT2D eigenvalue weighted by atomic mass is 16.5. The molecule has 6 heteroatoms. The highest BCUT2D eigenvalue weighted by Gasteiger charge is 2.21. The summed E-state index contributed by atoms with van der Waals surface area (Å²) in [5, 5.41) is 7.85. The number of nitrogens with zero attached hydrogens (tertiary/aromatic N) is 3. The molecule has 156 valence electrons. The van der Waals surface area contributed by atoms with Gasteiger partial charge in [-0.15, -0.1) is 0 Å². The fraction of sp³-hybridized carbons (Fsp3) is 0.333. The zero-order valence-electron chi connectivity index (χ0n) is 17.5. The number of aryl methyl sites for hydroxylation is 1. The second kappa shape index (κ2) is 9.24. The van der Waals surface area contributed by atoms with E-state index in [-0.39, 0.29) is 11.9 Å². The summed E-state index contributed by atoms with van der Waals surface area (Å²) in [7, 11) is 0. The van der Waals surface area contributed by atoms with Gasteiger partial charge in [-0.25, -0.2) is 4.68 Å². The van der Waals surface area contributed by atoms with Gasteiger partial charge in [-0.1, -0.05) is 48.0 Å². The van der Waals surface area contributed by atoms with Crippen molar-refractivity contribution >= 4 is 5.91 Å². The predicted octanol–water partition coefficient (Wildman–Crippen LogP) is 3.30. The molecule has 4 rings (SSSR count). The number of carbonyl (C=O) groups is 1. The lowest BCUT2D eigenvalue weighted by Gasteiger charge is -2.32. The summed E-state index contributed by atoms with van der Waals surface area (Å²) >= 11 is 0. The van der Waals surface area contributed by atoms with E-state index in [1.165, 1.54) is 5.56 Å². The fourth-order valence-corrected chi connectivity index (χ4v) is 3.66. The number of aromatic nitrogens is 2. The Balaban J connectivity index is 1.57. The van der Waals surface area contributed by atoms with Crippen molar-refractivity contribution in [2.45, 2.75) is 19.9 Å². The van der Waals surface area contributed by atoms with Crippen LogP contribution >= 0.6 is 0 Å². The summed E-state index contributed by atoms with van der Waals surface area (Å²) in [6.45, 7) is 8.08. The van der Waals surface area contributed by atoms with Gasteiger partial charge in [-0.05, 0) is 26.0 Å². The van der Waals surface area contributed by atoms with Gasteiger partial charge in [0.1, 0.15) is 5.69 Å². The normalized spacial score (nSPS) is 15.7. The number of rotatable bonds is 6. The van der Waals surface area contributed by atoms with Crippen molar-refractivity contribution in [3.63, 3.8) is 0 Å². The van der Waals surface area contributed by atoms with E-state index in [4.69, 9.17) is 9.84 Å². The van der Waals surface area contributed by atoms with Gasteiger partial charge in [-0.3, -0.25) is 9.69 Å². The van der Waals surface area contributed by atoms with E-state index >= 15 is 0 Å². The smallest absolute Gasteiger partial charge is 0.255 e. The van der Waals surface area contributed by atoms with Crippen LogP contribution in [0.3, 0.4) is 0 Å². The van der Waals surface area contributed by atoms with Gasteiger partial charge in [0.15, 0.2) is 0 Å². The third kappa shape index (κ3) is 4.61. The number of ether oxygens (including phenoxy) is 1. The van der Waals surface area contributed by atoms with Gasteiger partial charge >= 0.3 is 0 Å². The maximum absolute atomic E-state index is 13.1. The Hall–Kier alpha value is -2.96. The van der Waals surface area contributed by atoms with Crippen molar-refractivity contribution in [3.8, 4) is 16.9 Å². The van der Waals surface area contributed by atoms with E-state index in [1.807, 2.05) is 60.8 Å². The molecule has 0 spiro atoms. The van der Waals surface area contributed by atoms with Crippen molar-refractivity contribution in [1.82, 2.24) is 20.0 Å². The van der Waals surface area contributed by atoms with Crippen molar-refractivity contribution in [2.24, 2.45) is 0 Å². The Morgan fingerprint density at radius 2 is 1.80 bits per heavy atom. The van der Waals surface area contributed by atoms with Crippen molar-refractivity contribution in [1.29, 1.82) is 0 Å². The lowest BCUT2D eigenvalue weighted by molar-refractivity contribution is 0.0204. The van der Waals surface area contributed by atoms with Crippen LogP contribution in [0.1, 0.15) is 22.8 Å². The lowest BCUT2D eigenvalue weighted by atomic mass is 10.1. The minimum Gasteiger partial charge on any atom is -0.379 e. The lowest BCUT2D eigenvalue weighted by Crippen LogP contribution is -2.47. The third-order valence-electron chi connectivity index (χ3n) is 5.53. The topological polar surface area (TPSA) is 59.4 Å². The average molecular weight is 405 g/mol. The molecule has 0 aliphatic carbocycles. The Kier molecular flexibility index (Phi) is 6.26. The van der Waals surface area contributed by atoms with Gasteiger partial charge in [0.05, 0.1) is 24.5 Å². The van der Waals surface area contributed by atoms with Crippen LogP contribution < -0.4 is 5.32 Å². The molecular weight excluding hydrogens is 376 g/mol. The van der Waals surface area contributed by atoms with Crippen molar-refractivity contribution in [2.75, 3.05) is 32.8 Å². The summed E-state index contributed by atoms with van der Waals surface area (Å²) in [5.74, 6) is -0.104. The molecule has 30 heavy (non-hydrogen) atoms. The molecule has 1 amide bonds. The summed E-state index contributed by atoms with van der Waals surface area (Å²) in [6.07, 6.45) is 1.82. The first kappa shape index (κ1) is 20.3. The van der Waals surface area contributed by atoms with E-state index in [0.717, 1.165) is 37.6 Å². The summed E-state index contributed by atoms with van der Waals surface area (Å²) in [4.78, 5) is 15.5. The number of carbonyl (C=O) groups excluding carboxylic acids is 1. The Morgan fingerprint density at radius 1 is 1.10 bits per heavy atom. The van der Waals surface area contributed by atoms with Crippen LogP contribution in [0.25, 0.3) is 16.9 Å². The number of benzene rings is 2. The Morgan fingerprint density at radius 3 is 2.50 bits per heavy atom. The van der Waals surface area contributed by atoms with Gasteiger partial charge in [0.2, 0.25) is 0 Å². The summed E-state index contributed by atoms with van der Waals surface area (Å²) in [6, 6.07) is 18.2. The molecule has 2 aromatic carbocycles. The average Bonchev–Trinajstić information content (AvgIpc) is 3.24. The zero-order chi connectivity index (χ0) is 20.9. The molecule has 3 aromatic rings. The van der Waals surface area contributed by atoms with E-state index in [0.29, 0.717) is 17.8 Å². The van der Waals surface area contributed by atoms with E-state index in [9.17, 15) is 4.79 Å². The van der Waals surface area contributed by atoms with Gasteiger partial charge < -0.3 is 10.1 Å². The largest absolute Gasteiger partial charge is 0.379 e. The molecule has 1 fully saturated rings. The van der Waals surface area contributed by atoms with Crippen LogP contribution in [0.2, 0.25) is 0 Å². The SMILES string of the molecule is Cc1ccc(-n2cc(C(=O)NCC(C)N3CCOCC3)c(-c3ccccc3)n2)cc1. The monoisotopic (exact) mass is 404 g/mol. The van der Waals surface area contributed by atoms with Crippen LogP contribution in [0.5, 0.6) is 0 Å². The first-order valence-electron chi connectivity index (χ1n) is 10.4. The zero-order valence-corrected chi connectivity index (χ0v) is 17.5. The molecule has 1 aliphatic rings. The van der Waals surface area contributed by atoms with E-state index in [2.05, 4.69) is 24.1 Å². The molecule has 1 atom stereocenters. The van der Waals surface area contributed by atoms with Crippen LogP contribution in [-0.2, 0) is 4.74 Å². The van der Waals surface area contributed by atoms with Gasteiger partial charge in [-0.2, -0.15) is 5.10 Å². The predicted molar refractivity (Wildman–Crippen MR) is 118 cm³/mol. The standard InChI is InChI=1S/C24H28N4O2/c1-18-8-10-21(11-9-18)28-17-22(23(26-28)20-6-4-3-5-7-20)24(29)25-16-19(2)27-12-14-30-15-13-27/h3-11,17,19H,12-16H2,1-2H3,(H,25,29). The van der Waals surface area contributed by atoms with E-state index < -0.39 is 0 Å². The van der Waals surface area contributed by atoms with Crippen LogP contribution in [0.15, 0.2) is 60.8 Å². The molecule has 0 saturated carbocycles. The van der Waals surface area contributed by atoms with Crippen molar-refractivity contribution < 1.29 is 9.53 Å². The second-order valence-corrected chi connectivity index (χ2v) is 7.74. The molecule has 2 heterocycles.